The van der Waals surface area contributed by atoms with Crippen molar-refractivity contribution in [1.29, 1.82) is 0 Å². The number of hydrogen-bond acceptors (Lipinski definition) is 0. The quantitative estimate of drug-likeness (QED) is 0.555. The lowest BCUT2D eigenvalue weighted by Gasteiger charge is -1.91. The molecule has 0 bridgehead atoms. The summed E-state index contributed by atoms with van der Waals surface area (Å²) in [5, 5.41) is 2.54. The first-order valence-corrected chi connectivity index (χ1v) is 4.73. The fourth-order valence-electron chi connectivity index (χ4n) is 1.90. The van der Waals surface area contributed by atoms with Gasteiger partial charge in [-0.25, -0.2) is 4.98 Å². The number of nitrogens with one attached hydrogen (secondary N) is 2. The van der Waals surface area contributed by atoms with E-state index >= 15 is 0 Å². The van der Waals surface area contributed by atoms with Gasteiger partial charge in [-0.15, -0.1) is 0 Å². The molecular weight excluding hydrogens is 172 g/mol. The highest BCUT2D eigenvalue weighted by Gasteiger charge is 2.05. The van der Waals surface area contributed by atoms with Gasteiger partial charge in [0.25, 0.3) is 0 Å². The summed E-state index contributed by atoms with van der Waals surface area (Å²) < 4.78 is 0. The maximum absolute atomic E-state index is 3.39. The normalized spacial score (nSPS) is 11.2. The lowest BCUT2D eigenvalue weighted by Crippen LogP contribution is -1.96. The first-order chi connectivity index (χ1) is 6.84. The molecule has 0 fully saturated rings. The minimum atomic E-state index is 1.18. The van der Waals surface area contributed by atoms with Gasteiger partial charge in [0.05, 0.1) is 10.9 Å². The van der Waals surface area contributed by atoms with Crippen LogP contribution in [-0.4, -0.2) is 4.98 Å². The minimum Gasteiger partial charge on any atom is -0.354 e. The van der Waals surface area contributed by atoms with Crippen LogP contribution in [0.5, 0.6) is 0 Å². The topological polar surface area (TPSA) is 29.9 Å². The Kier molecular flexibility index (Phi) is 1.39. The molecule has 0 radical (unpaired) electrons. The summed E-state index contributed by atoms with van der Waals surface area (Å²) in [6, 6.07) is 8.53. The fourth-order valence-corrected chi connectivity index (χ4v) is 1.90. The first kappa shape index (κ1) is 7.56. The van der Waals surface area contributed by atoms with E-state index in [0.717, 1.165) is 0 Å². The molecule has 0 saturated heterocycles. The molecular formula is C12H11N2+. The van der Waals surface area contributed by atoms with Crippen molar-refractivity contribution >= 4 is 21.8 Å². The van der Waals surface area contributed by atoms with Crippen LogP contribution in [-0.2, 0) is 0 Å². The van der Waals surface area contributed by atoms with Crippen LogP contribution in [0.2, 0.25) is 0 Å². The van der Waals surface area contributed by atoms with Crippen molar-refractivity contribution in [3.63, 3.8) is 0 Å². The zero-order valence-electron chi connectivity index (χ0n) is 7.96. The van der Waals surface area contributed by atoms with Crippen molar-refractivity contribution in [2.45, 2.75) is 6.92 Å². The second-order valence-corrected chi connectivity index (χ2v) is 3.65. The summed E-state index contributed by atoms with van der Waals surface area (Å²) in [6.45, 7) is 2.12. The third-order valence-corrected chi connectivity index (χ3v) is 2.60. The zero-order valence-corrected chi connectivity index (χ0v) is 7.96. The second-order valence-electron chi connectivity index (χ2n) is 3.65. The lowest BCUT2D eigenvalue weighted by molar-refractivity contribution is -0.375. The molecule has 3 aromatic rings. The maximum atomic E-state index is 3.39. The highest BCUT2D eigenvalue weighted by atomic mass is 14.7. The van der Waals surface area contributed by atoms with Gasteiger partial charge < -0.3 is 4.98 Å². The van der Waals surface area contributed by atoms with Crippen molar-refractivity contribution in [1.82, 2.24) is 4.98 Å². The Bertz CT molecular complexity index is 608. The van der Waals surface area contributed by atoms with Crippen molar-refractivity contribution in [2.75, 3.05) is 0 Å². The molecule has 0 unspecified atom stereocenters. The molecule has 68 valence electrons. The number of rotatable bonds is 0. The van der Waals surface area contributed by atoms with Gasteiger partial charge in [-0.2, -0.15) is 0 Å². The summed E-state index contributed by atoms with van der Waals surface area (Å²) in [5.74, 6) is 0. The Labute approximate surface area is 81.6 Å². The summed E-state index contributed by atoms with van der Waals surface area (Å²) >= 11 is 0. The molecule has 2 heteroatoms. The molecule has 2 N–H and O–H groups in total. The van der Waals surface area contributed by atoms with Gasteiger partial charge in [-0.3, -0.25) is 0 Å². The van der Waals surface area contributed by atoms with Crippen LogP contribution in [0.4, 0.5) is 0 Å². The summed E-state index contributed by atoms with van der Waals surface area (Å²) in [5.41, 5.74) is 3.68. The largest absolute Gasteiger partial charge is 0.354 e. The van der Waals surface area contributed by atoms with Crippen molar-refractivity contribution in [3.8, 4) is 0 Å². The van der Waals surface area contributed by atoms with Crippen LogP contribution in [0.15, 0.2) is 36.7 Å². The fraction of sp³-hybridized carbons (Fsp3) is 0.0833. The van der Waals surface area contributed by atoms with Crippen LogP contribution in [0, 0.1) is 6.92 Å². The van der Waals surface area contributed by atoms with Gasteiger partial charge in [0.15, 0.2) is 12.4 Å². The lowest BCUT2D eigenvalue weighted by atomic mass is 10.1. The standard InChI is InChI=1S/C12H10N2/c1-8-2-3-11-9(6-8)10-7-13-5-4-12(10)14-11/h2-7,14H,1H3/p+1. The van der Waals surface area contributed by atoms with Crippen LogP contribution in [0.1, 0.15) is 5.56 Å². The number of fused-ring (bicyclic) bond motifs is 3. The van der Waals surface area contributed by atoms with E-state index in [0.29, 0.717) is 0 Å². The number of aromatic amines is 2. The molecule has 0 aliphatic rings. The van der Waals surface area contributed by atoms with Gasteiger partial charge in [0.2, 0.25) is 0 Å². The van der Waals surface area contributed by atoms with E-state index in [1.165, 1.54) is 27.4 Å². The Morgan fingerprint density at radius 1 is 1.07 bits per heavy atom. The number of aromatic nitrogens is 2. The Morgan fingerprint density at radius 2 is 1.93 bits per heavy atom. The van der Waals surface area contributed by atoms with Crippen molar-refractivity contribution < 1.29 is 4.98 Å². The van der Waals surface area contributed by atoms with Crippen LogP contribution >= 0.6 is 0 Å². The summed E-state index contributed by atoms with van der Waals surface area (Å²) in [6.07, 6.45) is 3.97. The molecule has 0 amide bonds. The molecule has 2 nitrogen and oxygen atoms in total. The molecule has 0 aliphatic heterocycles. The number of aryl methyl sites for hydroxylation is 1. The molecule has 0 saturated carbocycles. The van der Waals surface area contributed by atoms with Crippen LogP contribution in [0.25, 0.3) is 21.8 Å². The van der Waals surface area contributed by atoms with E-state index < -0.39 is 0 Å². The molecule has 0 aliphatic carbocycles. The third kappa shape index (κ3) is 0.940. The predicted octanol–water partition coefficient (Wildman–Crippen LogP) is 2.44. The SMILES string of the molecule is Cc1ccc2[nH]c3cc[nH+]cc3c2c1. The van der Waals surface area contributed by atoms with E-state index in [4.69, 9.17) is 0 Å². The van der Waals surface area contributed by atoms with E-state index in [1.54, 1.807) is 0 Å². The van der Waals surface area contributed by atoms with E-state index in [1.807, 2.05) is 12.4 Å². The van der Waals surface area contributed by atoms with Gasteiger partial charge >= 0.3 is 0 Å². The monoisotopic (exact) mass is 183 g/mol. The van der Waals surface area contributed by atoms with Crippen LogP contribution < -0.4 is 4.98 Å². The number of pyridine rings is 1. The van der Waals surface area contributed by atoms with Gasteiger partial charge in [-0.05, 0) is 19.1 Å². The van der Waals surface area contributed by atoms with Gasteiger partial charge in [-0.1, -0.05) is 11.6 Å². The number of benzene rings is 1. The van der Waals surface area contributed by atoms with Gasteiger partial charge in [0, 0.05) is 17.0 Å². The highest BCUT2D eigenvalue weighted by Crippen LogP contribution is 2.24. The average Bonchev–Trinajstić information content (AvgIpc) is 2.56. The number of H-pyrrole nitrogens is 2. The van der Waals surface area contributed by atoms with E-state index in [9.17, 15) is 0 Å². The Balaban J connectivity index is 2.58. The van der Waals surface area contributed by atoms with Crippen molar-refractivity contribution in [3.05, 3.63) is 42.2 Å². The van der Waals surface area contributed by atoms with Crippen LogP contribution in [0.3, 0.4) is 0 Å². The average molecular weight is 183 g/mol. The Hall–Kier alpha value is -1.83. The first-order valence-electron chi connectivity index (χ1n) is 4.73. The molecule has 0 atom stereocenters. The summed E-state index contributed by atoms with van der Waals surface area (Å²) in [4.78, 5) is 6.50. The zero-order chi connectivity index (χ0) is 9.54. The Morgan fingerprint density at radius 3 is 2.86 bits per heavy atom. The highest BCUT2D eigenvalue weighted by molar-refractivity contribution is 6.06. The van der Waals surface area contributed by atoms with E-state index in [-0.39, 0.29) is 0 Å². The predicted molar refractivity (Wildman–Crippen MR) is 57.1 cm³/mol. The molecule has 1 aromatic carbocycles. The molecule has 14 heavy (non-hydrogen) atoms. The van der Waals surface area contributed by atoms with Crippen molar-refractivity contribution in [2.24, 2.45) is 0 Å². The third-order valence-electron chi connectivity index (χ3n) is 2.60. The van der Waals surface area contributed by atoms with Gasteiger partial charge in [0.1, 0.15) is 0 Å². The second kappa shape index (κ2) is 2.58. The number of hydrogen-bond donors (Lipinski definition) is 1. The molecule has 2 aromatic heterocycles. The summed E-state index contributed by atoms with van der Waals surface area (Å²) in [7, 11) is 0. The van der Waals surface area contributed by atoms with E-state index in [2.05, 4.69) is 41.2 Å². The minimum absolute atomic E-state index is 1.18. The molecule has 2 heterocycles. The molecule has 0 spiro atoms. The smallest absolute Gasteiger partial charge is 0.177 e. The maximum Gasteiger partial charge on any atom is 0.177 e. The molecule has 3 rings (SSSR count).